The third-order valence-corrected chi connectivity index (χ3v) is 2.27. The Labute approximate surface area is 97.2 Å². The van der Waals surface area contributed by atoms with E-state index in [0.29, 0.717) is 11.9 Å². The Morgan fingerprint density at radius 2 is 2.00 bits per heavy atom. The summed E-state index contributed by atoms with van der Waals surface area (Å²) in [5.41, 5.74) is 0.206. The van der Waals surface area contributed by atoms with E-state index >= 15 is 0 Å². The minimum atomic E-state index is 0.0873. The third kappa shape index (κ3) is 3.48. The van der Waals surface area contributed by atoms with Gasteiger partial charge in [0.25, 0.3) is 0 Å². The Morgan fingerprint density at radius 1 is 1.38 bits per heavy atom. The molecule has 1 aromatic rings. The van der Waals surface area contributed by atoms with Gasteiger partial charge in [-0.15, -0.1) is 5.10 Å². The molecule has 1 atom stereocenters. The summed E-state index contributed by atoms with van der Waals surface area (Å²) < 4.78 is 5.59. The highest BCUT2D eigenvalue weighted by Crippen LogP contribution is 2.20. The molecule has 1 N–H and O–H groups in total. The predicted molar refractivity (Wildman–Crippen MR) is 64.5 cm³/mol. The number of anilines is 1. The standard InChI is InChI=1S/C11H22N4O/c1-8(12-5)9-13-14-10(16-9)15(6)7-11(2,3)4/h8,12H,7H2,1-6H3. The topological polar surface area (TPSA) is 54.2 Å². The number of nitrogens with zero attached hydrogens (tertiary/aromatic N) is 3. The number of nitrogens with one attached hydrogen (secondary N) is 1. The van der Waals surface area contributed by atoms with Crippen molar-refractivity contribution in [2.75, 3.05) is 25.5 Å². The lowest BCUT2D eigenvalue weighted by molar-refractivity contribution is 0.389. The molecular weight excluding hydrogens is 204 g/mol. The molecular formula is C11H22N4O. The molecule has 0 fully saturated rings. The first-order valence-corrected chi connectivity index (χ1v) is 5.55. The normalized spacial score (nSPS) is 13.9. The highest BCUT2D eigenvalue weighted by atomic mass is 16.4. The summed E-state index contributed by atoms with van der Waals surface area (Å²) >= 11 is 0. The molecule has 0 spiro atoms. The Morgan fingerprint density at radius 3 is 2.50 bits per heavy atom. The van der Waals surface area contributed by atoms with Crippen LogP contribution in [0.1, 0.15) is 39.6 Å². The van der Waals surface area contributed by atoms with Gasteiger partial charge < -0.3 is 14.6 Å². The van der Waals surface area contributed by atoms with Crippen LogP contribution in [0.25, 0.3) is 0 Å². The van der Waals surface area contributed by atoms with E-state index in [1.165, 1.54) is 0 Å². The summed E-state index contributed by atoms with van der Waals surface area (Å²) in [4.78, 5) is 1.98. The molecule has 0 aliphatic carbocycles. The summed E-state index contributed by atoms with van der Waals surface area (Å²) in [5.74, 6) is 0.623. The predicted octanol–water partition coefficient (Wildman–Crippen LogP) is 1.83. The van der Waals surface area contributed by atoms with E-state index in [-0.39, 0.29) is 11.5 Å². The van der Waals surface area contributed by atoms with Crippen LogP contribution in [-0.2, 0) is 0 Å². The quantitative estimate of drug-likeness (QED) is 0.849. The maximum atomic E-state index is 5.59. The van der Waals surface area contributed by atoms with Gasteiger partial charge in [0.15, 0.2) is 0 Å². The summed E-state index contributed by atoms with van der Waals surface area (Å²) in [7, 11) is 3.83. The Kier molecular flexibility index (Phi) is 3.91. The van der Waals surface area contributed by atoms with Crippen molar-refractivity contribution in [1.82, 2.24) is 15.5 Å². The lowest BCUT2D eigenvalue weighted by Gasteiger charge is -2.24. The smallest absolute Gasteiger partial charge is 0.317 e. The monoisotopic (exact) mass is 226 g/mol. The van der Waals surface area contributed by atoms with Gasteiger partial charge in [0.1, 0.15) is 0 Å². The van der Waals surface area contributed by atoms with Crippen molar-refractivity contribution in [3.05, 3.63) is 5.89 Å². The van der Waals surface area contributed by atoms with Crippen LogP contribution in [0.2, 0.25) is 0 Å². The number of rotatable bonds is 4. The van der Waals surface area contributed by atoms with Gasteiger partial charge in [0, 0.05) is 13.6 Å². The average molecular weight is 226 g/mol. The van der Waals surface area contributed by atoms with Crippen molar-refractivity contribution < 1.29 is 4.42 Å². The zero-order valence-electron chi connectivity index (χ0n) is 11.0. The molecule has 0 radical (unpaired) electrons. The molecule has 0 amide bonds. The van der Waals surface area contributed by atoms with Crippen LogP contribution in [0.4, 0.5) is 6.01 Å². The second-order valence-corrected chi connectivity index (χ2v) is 5.35. The number of aromatic nitrogens is 2. The Balaban J connectivity index is 2.70. The molecule has 0 aliphatic heterocycles. The fourth-order valence-corrected chi connectivity index (χ4v) is 1.46. The van der Waals surface area contributed by atoms with Crippen molar-refractivity contribution in [3.8, 4) is 0 Å². The maximum Gasteiger partial charge on any atom is 0.317 e. The van der Waals surface area contributed by atoms with Gasteiger partial charge in [-0.25, -0.2) is 0 Å². The lowest BCUT2D eigenvalue weighted by atomic mass is 9.96. The van der Waals surface area contributed by atoms with Crippen molar-refractivity contribution in [1.29, 1.82) is 0 Å². The molecule has 0 saturated heterocycles. The van der Waals surface area contributed by atoms with E-state index in [1.807, 2.05) is 25.9 Å². The van der Waals surface area contributed by atoms with Gasteiger partial charge in [-0.2, -0.15) is 0 Å². The van der Waals surface area contributed by atoms with Crippen molar-refractivity contribution in [3.63, 3.8) is 0 Å². The highest BCUT2D eigenvalue weighted by molar-refractivity contribution is 5.22. The van der Waals surface area contributed by atoms with Crippen LogP contribution in [-0.4, -0.2) is 30.8 Å². The molecule has 0 aromatic carbocycles. The van der Waals surface area contributed by atoms with Crippen LogP contribution in [0.3, 0.4) is 0 Å². The molecule has 1 aromatic heterocycles. The van der Waals surface area contributed by atoms with E-state index in [1.54, 1.807) is 0 Å². The molecule has 5 nitrogen and oxygen atoms in total. The average Bonchev–Trinajstić information content (AvgIpc) is 2.62. The van der Waals surface area contributed by atoms with E-state index in [2.05, 4.69) is 36.3 Å². The minimum absolute atomic E-state index is 0.0873. The van der Waals surface area contributed by atoms with Gasteiger partial charge in [0.2, 0.25) is 5.89 Å². The Hall–Kier alpha value is -1.10. The molecule has 0 aliphatic rings. The number of hydrogen-bond donors (Lipinski definition) is 1. The van der Waals surface area contributed by atoms with Crippen LogP contribution >= 0.6 is 0 Å². The second kappa shape index (κ2) is 4.82. The molecule has 1 rings (SSSR count). The molecule has 1 unspecified atom stereocenters. The maximum absolute atomic E-state index is 5.59. The second-order valence-electron chi connectivity index (χ2n) is 5.35. The molecule has 5 heteroatoms. The van der Waals surface area contributed by atoms with Gasteiger partial charge in [-0.3, -0.25) is 0 Å². The van der Waals surface area contributed by atoms with Crippen molar-refractivity contribution in [2.24, 2.45) is 5.41 Å². The summed E-state index contributed by atoms with van der Waals surface area (Å²) in [6.45, 7) is 9.40. The van der Waals surface area contributed by atoms with Crippen LogP contribution in [0.15, 0.2) is 4.42 Å². The zero-order chi connectivity index (χ0) is 12.3. The highest BCUT2D eigenvalue weighted by Gasteiger charge is 2.19. The van der Waals surface area contributed by atoms with Gasteiger partial charge in [0.05, 0.1) is 6.04 Å². The fourth-order valence-electron chi connectivity index (χ4n) is 1.46. The largest absolute Gasteiger partial charge is 0.406 e. The fraction of sp³-hybridized carbons (Fsp3) is 0.818. The Bertz CT molecular complexity index is 329. The van der Waals surface area contributed by atoms with Crippen molar-refractivity contribution >= 4 is 6.01 Å². The summed E-state index contributed by atoms with van der Waals surface area (Å²) in [6.07, 6.45) is 0. The van der Waals surface area contributed by atoms with Crippen molar-refractivity contribution in [2.45, 2.75) is 33.7 Å². The minimum Gasteiger partial charge on any atom is -0.406 e. The first-order valence-electron chi connectivity index (χ1n) is 5.55. The lowest BCUT2D eigenvalue weighted by Crippen LogP contribution is -2.29. The van der Waals surface area contributed by atoms with E-state index in [4.69, 9.17) is 4.42 Å². The number of hydrogen-bond acceptors (Lipinski definition) is 5. The molecule has 0 bridgehead atoms. The van der Waals surface area contributed by atoms with E-state index in [0.717, 1.165) is 6.54 Å². The SMILES string of the molecule is CNC(C)c1nnc(N(C)CC(C)(C)C)o1. The first kappa shape index (κ1) is 13.0. The van der Waals surface area contributed by atoms with Crippen LogP contribution in [0, 0.1) is 5.41 Å². The molecule has 16 heavy (non-hydrogen) atoms. The van der Waals surface area contributed by atoms with Gasteiger partial charge in [-0.1, -0.05) is 25.9 Å². The summed E-state index contributed by atoms with van der Waals surface area (Å²) in [5, 5.41) is 11.1. The van der Waals surface area contributed by atoms with E-state index in [9.17, 15) is 0 Å². The first-order chi connectivity index (χ1) is 7.33. The van der Waals surface area contributed by atoms with Gasteiger partial charge in [-0.05, 0) is 19.4 Å². The molecule has 1 heterocycles. The van der Waals surface area contributed by atoms with Crippen LogP contribution in [0.5, 0.6) is 0 Å². The van der Waals surface area contributed by atoms with Gasteiger partial charge >= 0.3 is 6.01 Å². The van der Waals surface area contributed by atoms with Crippen LogP contribution < -0.4 is 10.2 Å². The molecule has 92 valence electrons. The zero-order valence-corrected chi connectivity index (χ0v) is 11.0. The molecule has 0 saturated carbocycles. The third-order valence-electron chi connectivity index (χ3n) is 2.27. The summed E-state index contributed by atoms with van der Waals surface area (Å²) in [6, 6.07) is 0.663. The van der Waals surface area contributed by atoms with E-state index < -0.39 is 0 Å².